The van der Waals surface area contributed by atoms with E-state index >= 15 is 0 Å². The van der Waals surface area contributed by atoms with Crippen molar-refractivity contribution in [2.24, 2.45) is 5.92 Å². The van der Waals surface area contributed by atoms with Crippen LogP contribution < -0.4 is 15.4 Å². The standard InChI is InChI=1S/C24H33N5O4S/c1-3-4-10-33-24-26-22(25)21-12-20(30)16-28(23(21)27-24)13-18-6-5-7-19(11-18)15-29(34(2,31)32)14-17-8-9-17/h5-7,11,17H,3-4,8-10,12-16H2,1-2H3,(H2,25,26,27). The molecule has 2 aromatic rings. The maximum Gasteiger partial charge on any atom is 0.320 e. The second-order valence-electron chi connectivity index (χ2n) is 9.29. The lowest BCUT2D eigenvalue weighted by atomic mass is 10.0. The molecule has 1 aliphatic heterocycles. The summed E-state index contributed by atoms with van der Waals surface area (Å²) in [5, 5.41) is 0. The fraction of sp³-hybridized carbons (Fsp3) is 0.542. The van der Waals surface area contributed by atoms with Crippen molar-refractivity contribution in [1.82, 2.24) is 14.3 Å². The molecule has 1 aromatic carbocycles. The van der Waals surface area contributed by atoms with Crippen LogP contribution in [0.1, 0.15) is 49.3 Å². The number of anilines is 2. The highest BCUT2D eigenvalue weighted by atomic mass is 32.2. The van der Waals surface area contributed by atoms with Crippen LogP contribution >= 0.6 is 0 Å². The Morgan fingerprint density at radius 1 is 1.24 bits per heavy atom. The van der Waals surface area contributed by atoms with Crippen LogP contribution in [0.2, 0.25) is 0 Å². The number of rotatable bonds is 11. The average Bonchev–Trinajstić information content (AvgIpc) is 3.58. The van der Waals surface area contributed by atoms with Crippen molar-refractivity contribution in [3.63, 3.8) is 0 Å². The van der Waals surface area contributed by atoms with Crippen molar-refractivity contribution in [3.8, 4) is 6.01 Å². The van der Waals surface area contributed by atoms with Crippen molar-refractivity contribution in [3.05, 3.63) is 41.0 Å². The summed E-state index contributed by atoms with van der Waals surface area (Å²) in [6.45, 7) is 4.15. The number of ketones is 1. The molecule has 0 radical (unpaired) electrons. The lowest BCUT2D eigenvalue weighted by Gasteiger charge is -2.30. The van der Waals surface area contributed by atoms with E-state index in [2.05, 4.69) is 16.9 Å². The van der Waals surface area contributed by atoms with Gasteiger partial charge in [0.15, 0.2) is 5.78 Å². The van der Waals surface area contributed by atoms with Crippen molar-refractivity contribution >= 4 is 27.4 Å². The second kappa shape index (κ2) is 10.3. The number of nitrogen functional groups attached to an aromatic ring is 1. The van der Waals surface area contributed by atoms with Crippen LogP contribution in [0.25, 0.3) is 0 Å². The number of hydrogen-bond acceptors (Lipinski definition) is 8. The first-order chi connectivity index (χ1) is 16.2. The predicted octanol–water partition coefficient (Wildman–Crippen LogP) is 2.54. The van der Waals surface area contributed by atoms with E-state index in [1.807, 2.05) is 29.2 Å². The summed E-state index contributed by atoms with van der Waals surface area (Å²) in [6.07, 6.45) is 5.53. The summed E-state index contributed by atoms with van der Waals surface area (Å²) in [4.78, 5) is 23.2. The van der Waals surface area contributed by atoms with Gasteiger partial charge in [0.2, 0.25) is 10.0 Å². The number of ether oxygens (including phenoxy) is 1. The van der Waals surface area contributed by atoms with E-state index in [0.717, 1.165) is 36.8 Å². The molecule has 184 valence electrons. The third-order valence-electron chi connectivity index (χ3n) is 6.12. The van der Waals surface area contributed by atoms with Gasteiger partial charge in [-0.2, -0.15) is 14.3 Å². The number of benzene rings is 1. The summed E-state index contributed by atoms with van der Waals surface area (Å²) >= 11 is 0. The summed E-state index contributed by atoms with van der Waals surface area (Å²) in [7, 11) is -3.29. The van der Waals surface area contributed by atoms with Gasteiger partial charge >= 0.3 is 6.01 Å². The quantitative estimate of drug-likeness (QED) is 0.480. The topological polar surface area (TPSA) is 119 Å². The summed E-state index contributed by atoms with van der Waals surface area (Å²) < 4.78 is 31.8. The highest BCUT2D eigenvalue weighted by Gasteiger charge is 2.29. The molecule has 2 heterocycles. The van der Waals surface area contributed by atoms with E-state index < -0.39 is 10.0 Å². The molecule has 9 nitrogen and oxygen atoms in total. The molecule has 1 saturated carbocycles. The van der Waals surface area contributed by atoms with Crippen molar-refractivity contribution in [1.29, 1.82) is 0 Å². The van der Waals surface area contributed by atoms with E-state index in [1.54, 1.807) is 4.31 Å². The largest absolute Gasteiger partial charge is 0.463 e. The van der Waals surface area contributed by atoms with Gasteiger partial charge in [0, 0.05) is 31.6 Å². The average molecular weight is 488 g/mol. The minimum atomic E-state index is -3.29. The summed E-state index contributed by atoms with van der Waals surface area (Å²) in [6, 6.07) is 8.04. The minimum absolute atomic E-state index is 0.0475. The molecule has 4 rings (SSSR count). The molecule has 0 amide bonds. The SMILES string of the molecule is CCCCOc1nc(N)c2c(n1)N(Cc1cccc(CN(CC3CC3)S(C)(=O)=O)c1)CC(=O)C2. The summed E-state index contributed by atoms with van der Waals surface area (Å²) in [5.74, 6) is 1.40. The molecule has 34 heavy (non-hydrogen) atoms. The van der Waals surface area contributed by atoms with Crippen LogP contribution in [0.15, 0.2) is 24.3 Å². The molecule has 10 heteroatoms. The van der Waals surface area contributed by atoms with Gasteiger partial charge < -0.3 is 15.4 Å². The Morgan fingerprint density at radius 2 is 2.00 bits per heavy atom. The first-order valence-corrected chi connectivity index (χ1v) is 13.7. The van der Waals surface area contributed by atoms with Gasteiger partial charge in [-0.05, 0) is 36.3 Å². The van der Waals surface area contributed by atoms with Crippen LogP contribution in [0.3, 0.4) is 0 Å². The zero-order valence-electron chi connectivity index (χ0n) is 19.9. The highest BCUT2D eigenvalue weighted by molar-refractivity contribution is 7.88. The number of Topliss-reactive ketones (excluding diaryl/α,β-unsaturated/α-hetero) is 1. The van der Waals surface area contributed by atoms with Gasteiger partial charge in [-0.3, -0.25) is 4.79 Å². The zero-order valence-corrected chi connectivity index (χ0v) is 20.7. The van der Waals surface area contributed by atoms with Gasteiger partial charge in [0.25, 0.3) is 0 Å². The molecule has 1 aromatic heterocycles. The highest BCUT2D eigenvalue weighted by Crippen LogP contribution is 2.32. The fourth-order valence-electron chi connectivity index (χ4n) is 4.10. The Balaban J connectivity index is 1.54. The lowest BCUT2D eigenvalue weighted by Crippen LogP contribution is -2.37. The Morgan fingerprint density at radius 3 is 2.71 bits per heavy atom. The Bertz CT molecular complexity index is 1150. The van der Waals surface area contributed by atoms with Gasteiger partial charge in [-0.15, -0.1) is 0 Å². The molecule has 1 fully saturated rings. The van der Waals surface area contributed by atoms with Gasteiger partial charge in [0.1, 0.15) is 11.6 Å². The number of fused-ring (bicyclic) bond motifs is 1. The molecule has 0 spiro atoms. The van der Waals surface area contributed by atoms with Gasteiger partial charge in [0.05, 0.1) is 19.4 Å². The second-order valence-corrected chi connectivity index (χ2v) is 11.3. The Labute approximate surface area is 201 Å². The Kier molecular flexibility index (Phi) is 7.37. The van der Waals surface area contributed by atoms with E-state index in [1.165, 1.54) is 6.26 Å². The maximum atomic E-state index is 12.4. The molecule has 2 aliphatic rings. The number of nitrogens with zero attached hydrogens (tertiary/aromatic N) is 4. The molecule has 2 N–H and O–H groups in total. The lowest BCUT2D eigenvalue weighted by molar-refractivity contribution is -0.117. The molecule has 0 atom stereocenters. The summed E-state index contributed by atoms with van der Waals surface area (Å²) in [5.41, 5.74) is 8.66. The Hall–Kier alpha value is -2.72. The fourth-order valence-corrected chi connectivity index (χ4v) is 4.96. The van der Waals surface area contributed by atoms with E-state index in [9.17, 15) is 13.2 Å². The monoisotopic (exact) mass is 487 g/mol. The molecular formula is C24H33N5O4S. The smallest absolute Gasteiger partial charge is 0.320 e. The van der Waals surface area contributed by atoms with Gasteiger partial charge in [-0.1, -0.05) is 37.6 Å². The van der Waals surface area contributed by atoms with Crippen LogP contribution in [0.5, 0.6) is 6.01 Å². The number of nitrogens with two attached hydrogens (primary N) is 1. The van der Waals surface area contributed by atoms with Crippen LogP contribution in [-0.2, 0) is 34.3 Å². The number of unbranched alkanes of at least 4 members (excludes halogenated alkanes) is 1. The number of carbonyl (C=O) groups is 1. The van der Waals surface area contributed by atoms with Crippen molar-refractivity contribution in [2.75, 3.05) is 36.6 Å². The maximum absolute atomic E-state index is 12.4. The van der Waals surface area contributed by atoms with Crippen LogP contribution in [0, 0.1) is 5.92 Å². The number of aromatic nitrogens is 2. The molecule has 0 saturated heterocycles. The van der Waals surface area contributed by atoms with E-state index in [4.69, 9.17) is 10.5 Å². The number of hydrogen-bond donors (Lipinski definition) is 1. The third-order valence-corrected chi connectivity index (χ3v) is 7.33. The minimum Gasteiger partial charge on any atom is -0.463 e. The first-order valence-electron chi connectivity index (χ1n) is 11.8. The normalized spacial score (nSPS) is 16.1. The predicted molar refractivity (Wildman–Crippen MR) is 131 cm³/mol. The molecule has 1 aliphatic carbocycles. The van der Waals surface area contributed by atoms with Crippen LogP contribution in [0.4, 0.5) is 11.6 Å². The van der Waals surface area contributed by atoms with E-state index in [-0.39, 0.29) is 30.6 Å². The van der Waals surface area contributed by atoms with Crippen molar-refractivity contribution < 1.29 is 17.9 Å². The molecule has 0 unspecified atom stereocenters. The third kappa shape index (κ3) is 6.24. The first kappa shape index (κ1) is 24.4. The number of carbonyl (C=O) groups excluding carboxylic acids is 1. The molecular weight excluding hydrogens is 454 g/mol. The number of sulfonamides is 1. The van der Waals surface area contributed by atoms with E-state index in [0.29, 0.717) is 43.5 Å². The molecule has 0 bridgehead atoms. The van der Waals surface area contributed by atoms with Gasteiger partial charge in [-0.25, -0.2) is 8.42 Å². The zero-order chi connectivity index (χ0) is 24.3. The van der Waals surface area contributed by atoms with Crippen LogP contribution in [-0.4, -0.2) is 54.4 Å². The van der Waals surface area contributed by atoms with Crippen molar-refractivity contribution in [2.45, 2.75) is 52.1 Å².